The Hall–Kier alpha value is -3.74. The van der Waals surface area contributed by atoms with E-state index >= 15 is 0 Å². The Morgan fingerprint density at radius 3 is 2.46 bits per heavy atom. The van der Waals surface area contributed by atoms with Crippen LogP contribution in [0.25, 0.3) is 23.0 Å². The molecule has 0 unspecified atom stereocenters. The summed E-state index contributed by atoms with van der Waals surface area (Å²) in [6.45, 7) is 1.39. The first-order chi connectivity index (χ1) is 13.4. The number of hydrogen-bond donors (Lipinski definition) is 1. The van der Waals surface area contributed by atoms with Crippen LogP contribution in [0, 0.1) is 5.82 Å². The first-order valence-corrected chi connectivity index (χ1v) is 8.53. The molecule has 3 rings (SSSR count). The molecule has 2 aromatic carbocycles. The first kappa shape index (κ1) is 19.0. The molecule has 0 saturated carbocycles. The second-order valence-electron chi connectivity index (χ2n) is 6.03. The number of benzene rings is 2. The number of ether oxygens (including phenoxy) is 1. The Balaban J connectivity index is 1.95. The number of esters is 1. The van der Waals surface area contributed by atoms with Gasteiger partial charge in [-0.2, -0.15) is 5.10 Å². The van der Waals surface area contributed by atoms with Crippen LogP contribution >= 0.6 is 0 Å². The summed E-state index contributed by atoms with van der Waals surface area (Å²) >= 11 is 0. The van der Waals surface area contributed by atoms with Gasteiger partial charge in [-0.15, -0.1) is 0 Å². The van der Waals surface area contributed by atoms with Crippen LogP contribution < -0.4 is 5.73 Å². The van der Waals surface area contributed by atoms with Gasteiger partial charge >= 0.3 is 5.97 Å². The molecule has 2 N–H and O–H groups in total. The van der Waals surface area contributed by atoms with Gasteiger partial charge in [-0.3, -0.25) is 4.79 Å². The molecule has 142 valence electrons. The van der Waals surface area contributed by atoms with Crippen LogP contribution in [0.4, 0.5) is 4.39 Å². The third kappa shape index (κ3) is 4.50. The topological polar surface area (TPSA) is 87.2 Å². The standard InChI is InChI=1S/C21H18FN3O3/c1-14(21(23)27)28-19(26)12-9-16-13-25(18-5-3-2-4-6-18)24-20(16)15-7-10-17(22)11-8-15/h2-14H,1H3,(H2,23,27)/b12-9+/t14-/m1/s1. The molecule has 0 aliphatic carbocycles. The number of carbonyl (C=O) groups is 2. The van der Waals surface area contributed by atoms with E-state index in [0.717, 1.165) is 5.69 Å². The molecule has 28 heavy (non-hydrogen) atoms. The Labute approximate surface area is 161 Å². The largest absolute Gasteiger partial charge is 0.449 e. The fraction of sp³-hybridized carbons (Fsp3) is 0.0952. The number of hydrogen-bond acceptors (Lipinski definition) is 4. The van der Waals surface area contributed by atoms with Gasteiger partial charge in [-0.05, 0) is 49.4 Å². The summed E-state index contributed by atoms with van der Waals surface area (Å²) in [4.78, 5) is 22.9. The highest BCUT2D eigenvalue weighted by molar-refractivity contribution is 5.91. The maximum absolute atomic E-state index is 13.3. The summed E-state index contributed by atoms with van der Waals surface area (Å²) in [5.74, 6) is -1.79. The number of nitrogens with zero attached hydrogens (tertiary/aromatic N) is 2. The predicted octanol–water partition coefficient (Wildman–Crippen LogP) is 3.11. The van der Waals surface area contributed by atoms with E-state index in [4.69, 9.17) is 10.5 Å². The van der Waals surface area contributed by atoms with Crippen molar-refractivity contribution in [2.24, 2.45) is 5.73 Å². The van der Waals surface area contributed by atoms with E-state index in [1.165, 1.54) is 31.2 Å². The van der Waals surface area contributed by atoms with Crippen molar-refractivity contribution >= 4 is 18.0 Å². The van der Waals surface area contributed by atoms with Crippen molar-refractivity contribution in [2.45, 2.75) is 13.0 Å². The first-order valence-electron chi connectivity index (χ1n) is 8.53. The summed E-state index contributed by atoms with van der Waals surface area (Å²) in [5.41, 5.74) is 7.80. The molecule has 6 nitrogen and oxygen atoms in total. The maximum atomic E-state index is 13.3. The maximum Gasteiger partial charge on any atom is 0.331 e. The van der Waals surface area contributed by atoms with E-state index in [0.29, 0.717) is 16.8 Å². The third-order valence-corrected chi connectivity index (χ3v) is 3.97. The molecule has 0 aliphatic heterocycles. The summed E-state index contributed by atoms with van der Waals surface area (Å²) < 4.78 is 19.8. The SMILES string of the molecule is C[C@@H](OC(=O)/C=C/c1cn(-c2ccccc2)nc1-c1ccc(F)cc1)C(N)=O. The van der Waals surface area contributed by atoms with Crippen molar-refractivity contribution < 1.29 is 18.7 Å². The lowest BCUT2D eigenvalue weighted by Crippen LogP contribution is -2.29. The van der Waals surface area contributed by atoms with Crippen molar-refractivity contribution in [3.8, 4) is 16.9 Å². The average molecular weight is 379 g/mol. The van der Waals surface area contributed by atoms with Gasteiger partial charge in [0.25, 0.3) is 5.91 Å². The number of aromatic nitrogens is 2. The second kappa shape index (κ2) is 8.30. The number of primary amides is 1. The molecule has 0 fully saturated rings. The molecule has 0 radical (unpaired) electrons. The van der Waals surface area contributed by atoms with Gasteiger partial charge in [-0.25, -0.2) is 13.9 Å². The lowest BCUT2D eigenvalue weighted by Gasteiger charge is -2.06. The van der Waals surface area contributed by atoms with Gasteiger partial charge in [-0.1, -0.05) is 18.2 Å². The summed E-state index contributed by atoms with van der Waals surface area (Å²) in [7, 11) is 0. The van der Waals surface area contributed by atoms with Gasteiger partial charge in [0.15, 0.2) is 6.10 Å². The molecule has 1 heterocycles. The average Bonchev–Trinajstić information content (AvgIpc) is 3.12. The second-order valence-corrected chi connectivity index (χ2v) is 6.03. The van der Waals surface area contributed by atoms with E-state index in [9.17, 15) is 14.0 Å². The molecule has 0 saturated heterocycles. The van der Waals surface area contributed by atoms with Crippen LogP contribution in [0.5, 0.6) is 0 Å². The molecule has 7 heteroatoms. The van der Waals surface area contributed by atoms with E-state index < -0.39 is 18.0 Å². The van der Waals surface area contributed by atoms with Crippen molar-refractivity contribution in [2.75, 3.05) is 0 Å². The van der Waals surface area contributed by atoms with Crippen LogP contribution in [-0.2, 0) is 14.3 Å². The minimum Gasteiger partial charge on any atom is -0.449 e. The molecule has 1 aromatic heterocycles. The zero-order valence-corrected chi connectivity index (χ0v) is 15.1. The normalized spacial score (nSPS) is 12.1. The highest BCUT2D eigenvalue weighted by Gasteiger charge is 2.14. The minimum absolute atomic E-state index is 0.354. The fourth-order valence-electron chi connectivity index (χ4n) is 2.48. The zero-order chi connectivity index (χ0) is 20.1. The fourth-order valence-corrected chi connectivity index (χ4v) is 2.48. The molecule has 0 aliphatic rings. The Morgan fingerprint density at radius 2 is 1.82 bits per heavy atom. The van der Waals surface area contributed by atoms with E-state index in [1.807, 2.05) is 30.3 Å². The molecular weight excluding hydrogens is 361 g/mol. The van der Waals surface area contributed by atoms with E-state index in [-0.39, 0.29) is 5.82 Å². The highest BCUT2D eigenvalue weighted by atomic mass is 19.1. The van der Waals surface area contributed by atoms with Crippen molar-refractivity contribution in [1.82, 2.24) is 9.78 Å². The van der Waals surface area contributed by atoms with Gasteiger partial charge in [0.05, 0.1) is 11.4 Å². The lowest BCUT2D eigenvalue weighted by molar-refractivity contribution is -0.148. The number of para-hydroxylation sites is 1. The number of carbonyl (C=O) groups excluding carboxylic acids is 2. The number of amides is 1. The number of rotatable bonds is 6. The smallest absolute Gasteiger partial charge is 0.331 e. The summed E-state index contributed by atoms with van der Waals surface area (Å²) in [6, 6.07) is 15.3. The molecule has 1 amide bonds. The molecular formula is C21H18FN3O3. The van der Waals surface area contributed by atoms with Crippen molar-refractivity contribution in [3.63, 3.8) is 0 Å². The lowest BCUT2D eigenvalue weighted by atomic mass is 10.1. The van der Waals surface area contributed by atoms with Gasteiger partial charge in [0, 0.05) is 23.4 Å². The van der Waals surface area contributed by atoms with Crippen LogP contribution in [-0.4, -0.2) is 27.8 Å². The summed E-state index contributed by atoms with van der Waals surface area (Å²) in [6.07, 6.45) is 3.44. The van der Waals surface area contributed by atoms with Gasteiger partial charge in [0.2, 0.25) is 0 Å². The van der Waals surface area contributed by atoms with E-state index in [2.05, 4.69) is 5.10 Å². The zero-order valence-electron chi connectivity index (χ0n) is 15.1. The Bertz CT molecular complexity index is 1010. The van der Waals surface area contributed by atoms with Crippen LogP contribution in [0.1, 0.15) is 12.5 Å². The van der Waals surface area contributed by atoms with Crippen LogP contribution in [0.15, 0.2) is 66.9 Å². The molecule has 0 bridgehead atoms. The minimum atomic E-state index is -1.03. The molecule has 1 atom stereocenters. The third-order valence-electron chi connectivity index (χ3n) is 3.97. The van der Waals surface area contributed by atoms with Crippen LogP contribution in [0.2, 0.25) is 0 Å². The predicted molar refractivity (Wildman–Crippen MR) is 103 cm³/mol. The highest BCUT2D eigenvalue weighted by Crippen LogP contribution is 2.25. The Morgan fingerprint density at radius 1 is 1.14 bits per heavy atom. The van der Waals surface area contributed by atoms with Crippen LogP contribution in [0.3, 0.4) is 0 Å². The number of nitrogens with two attached hydrogens (primary N) is 1. The van der Waals surface area contributed by atoms with Crippen molar-refractivity contribution in [1.29, 1.82) is 0 Å². The molecule has 3 aromatic rings. The monoisotopic (exact) mass is 379 g/mol. The number of halogens is 1. The quantitative estimate of drug-likeness (QED) is 0.527. The molecule has 0 spiro atoms. The Kier molecular flexibility index (Phi) is 5.64. The van der Waals surface area contributed by atoms with Gasteiger partial charge in [0.1, 0.15) is 5.82 Å². The summed E-state index contributed by atoms with van der Waals surface area (Å²) in [5, 5.41) is 4.56. The van der Waals surface area contributed by atoms with Gasteiger partial charge < -0.3 is 10.5 Å². The van der Waals surface area contributed by atoms with E-state index in [1.54, 1.807) is 23.0 Å². The van der Waals surface area contributed by atoms with Crippen molar-refractivity contribution in [3.05, 3.63) is 78.3 Å².